The molecule has 0 aliphatic heterocycles. The molecule has 2 aromatic rings. The Bertz CT molecular complexity index is 592. The maximum absolute atomic E-state index is 12.7. The van der Waals surface area contributed by atoms with Crippen molar-refractivity contribution in [3.8, 4) is 11.3 Å². The van der Waals surface area contributed by atoms with Crippen molar-refractivity contribution < 1.29 is 23.1 Å². The molecule has 0 fully saturated rings. The normalized spacial score (nSPS) is 11.5. The predicted octanol–water partition coefficient (Wildman–Crippen LogP) is 2.19. The lowest BCUT2D eigenvalue weighted by molar-refractivity contribution is -0.137. The first-order valence-electron chi connectivity index (χ1n) is 4.70. The number of halogens is 3. The number of carboxylic acid groups (broad SMARTS) is 1. The van der Waals surface area contributed by atoms with Gasteiger partial charge in [0, 0.05) is 18.0 Å². The molecule has 0 aromatic carbocycles. The van der Waals surface area contributed by atoms with Crippen molar-refractivity contribution in [2.75, 3.05) is 0 Å². The molecule has 0 unspecified atom stereocenters. The second-order valence-electron chi connectivity index (χ2n) is 3.39. The molecule has 0 aliphatic rings. The third-order valence-electron chi connectivity index (χ3n) is 2.21. The average Bonchev–Trinajstić information content (AvgIpc) is 2.77. The van der Waals surface area contributed by atoms with E-state index in [2.05, 4.69) is 15.2 Å². The first-order chi connectivity index (χ1) is 8.39. The van der Waals surface area contributed by atoms with E-state index in [1.807, 2.05) is 0 Å². The highest BCUT2D eigenvalue weighted by atomic mass is 19.4. The molecule has 18 heavy (non-hydrogen) atoms. The van der Waals surface area contributed by atoms with Crippen LogP contribution in [0, 0.1) is 0 Å². The van der Waals surface area contributed by atoms with E-state index in [9.17, 15) is 18.0 Å². The second-order valence-corrected chi connectivity index (χ2v) is 3.39. The summed E-state index contributed by atoms with van der Waals surface area (Å²) < 4.78 is 38.1. The van der Waals surface area contributed by atoms with E-state index >= 15 is 0 Å². The SMILES string of the molecule is O=C(O)c1cc(-c2ccncc2C(F)(F)F)n[nH]1. The number of hydrogen-bond acceptors (Lipinski definition) is 3. The van der Waals surface area contributed by atoms with Gasteiger partial charge in [0.15, 0.2) is 0 Å². The lowest BCUT2D eigenvalue weighted by Crippen LogP contribution is -2.07. The summed E-state index contributed by atoms with van der Waals surface area (Å²) in [7, 11) is 0. The van der Waals surface area contributed by atoms with Crippen LogP contribution in [0.2, 0.25) is 0 Å². The maximum atomic E-state index is 12.7. The van der Waals surface area contributed by atoms with E-state index in [-0.39, 0.29) is 17.0 Å². The Hall–Kier alpha value is -2.38. The van der Waals surface area contributed by atoms with Crippen LogP contribution in [0.3, 0.4) is 0 Å². The van der Waals surface area contributed by atoms with Crippen LogP contribution in [-0.2, 0) is 6.18 Å². The molecule has 0 bridgehead atoms. The van der Waals surface area contributed by atoms with Crippen molar-refractivity contribution in [3.05, 3.63) is 35.8 Å². The minimum Gasteiger partial charge on any atom is -0.477 e. The van der Waals surface area contributed by atoms with Gasteiger partial charge in [0.2, 0.25) is 0 Å². The van der Waals surface area contributed by atoms with Crippen LogP contribution in [0.15, 0.2) is 24.5 Å². The molecule has 2 aromatic heterocycles. The number of aromatic nitrogens is 3. The van der Waals surface area contributed by atoms with Gasteiger partial charge in [0.05, 0.1) is 11.3 Å². The number of carbonyl (C=O) groups is 1. The zero-order valence-corrected chi connectivity index (χ0v) is 8.69. The maximum Gasteiger partial charge on any atom is 0.418 e. The van der Waals surface area contributed by atoms with Gasteiger partial charge in [0.1, 0.15) is 5.69 Å². The van der Waals surface area contributed by atoms with Crippen LogP contribution < -0.4 is 0 Å². The van der Waals surface area contributed by atoms with Crippen LogP contribution in [0.25, 0.3) is 11.3 Å². The Morgan fingerprint density at radius 2 is 2.11 bits per heavy atom. The third-order valence-corrected chi connectivity index (χ3v) is 2.21. The number of carboxylic acids is 1. The van der Waals surface area contributed by atoms with Gasteiger partial charge in [-0.3, -0.25) is 10.1 Å². The minimum absolute atomic E-state index is 0.0953. The van der Waals surface area contributed by atoms with Crippen LogP contribution in [-0.4, -0.2) is 26.3 Å². The molecule has 8 heteroatoms. The molecule has 0 saturated heterocycles. The van der Waals surface area contributed by atoms with Crippen molar-refractivity contribution in [1.82, 2.24) is 15.2 Å². The van der Waals surface area contributed by atoms with E-state index in [1.165, 1.54) is 6.20 Å². The summed E-state index contributed by atoms with van der Waals surface area (Å²) in [5.74, 6) is -1.30. The number of hydrogen-bond donors (Lipinski definition) is 2. The van der Waals surface area contributed by atoms with E-state index in [0.717, 1.165) is 12.1 Å². The smallest absolute Gasteiger partial charge is 0.418 e. The number of alkyl halides is 3. The molecule has 0 spiro atoms. The monoisotopic (exact) mass is 257 g/mol. The first-order valence-corrected chi connectivity index (χ1v) is 4.70. The third kappa shape index (κ3) is 2.17. The predicted molar refractivity (Wildman–Crippen MR) is 53.8 cm³/mol. The zero-order chi connectivity index (χ0) is 13.3. The lowest BCUT2D eigenvalue weighted by Gasteiger charge is -2.09. The summed E-state index contributed by atoms with van der Waals surface area (Å²) in [6, 6.07) is 2.16. The molecule has 0 saturated carbocycles. The van der Waals surface area contributed by atoms with Gasteiger partial charge < -0.3 is 5.11 Å². The van der Waals surface area contributed by atoms with Crippen LogP contribution >= 0.6 is 0 Å². The average molecular weight is 257 g/mol. The molecule has 2 rings (SSSR count). The van der Waals surface area contributed by atoms with Gasteiger partial charge >= 0.3 is 12.1 Å². The van der Waals surface area contributed by atoms with Gasteiger partial charge in [-0.05, 0) is 12.1 Å². The van der Waals surface area contributed by atoms with Gasteiger partial charge in [-0.2, -0.15) is 18.3 Å². The standard InChI is InChI=1S/C10H6F3N3O2/c11-10(12,13)6-4-14-2-1-5(6)7-3-8(9(17)18)16-15-7/h1-4H,(H,15,16)(H,17,18). The van der Waals surface area contributed by atoms with Crippen LogP contribution in [0.4, 0.5) is 13.2 Å². The zero-order valence-electron chi connectivity index (χ0n) is 8.69. The Labute approximate surface area is 98.3 Å². The molecule has 0 radical (unpaired) electrons. The summed E-state index contributed by atoms with van der Waals surface area (Å²) in [4.78, 5) is 14.0. The number of nitrogens with one attached hydrogen (secondary N) is 1. The molecule has 2 heterocycles. The fourth-order valence-corrected chi connectivity index (χ4v) is 1.41. The summed E-state index contributed by atoms with van der Waals surface area (Å²) in [5, 5.41) is 14.4. The Morgan fingerprint density at radius 1 is 1.39 bits per heavy atom. The topological polar surface area (TPSA) is 78.9 Å². The highest BCUT2D eigenvalue weighted by Gasteiger charge is 2.34. The first kappa shape index (κ1) is 12.1. The number of pyridine rings is 1. The van der Waals surface area contributed by atoms with Gasteiger partial charge in [-0.1, -0.05) is 0 Å². The van der Waals surface area contributed by atoms with Crippen molar-refractivity contribution in [1.29, 1.82) is 0 Å². The largest absolute Gasteiger partial charge is 0.477 e. The molecule has 5 nitrogen and oxygen atoms in total. The van der Waals surface area contributed by atoms with Crippen molar-refractivity contribution in [3.63, 3.8) is 0 Å². The molecule has 2 N–H and O–H groups in total. The van der Waals surface area contributed by atoms with Crippen LogP contribution in [0.5, 0.6) is 0 Å². The summed E-state index contributed by atoms with van der Waals surface area (Å²) in [6.45, 7) is 0. The Kier molecular flexibility index (Phi) is 2.77. The van der Waals surface area contributed by atoms with E-state index in [0.29, 0.717) is 6.20 Å². The highest BCUT2D eigenvalue weighted by Crippen LogP contribution is 2.35. The van der Waals surface area contributed by atoms with Gasteiger partial charge in [0.25, 0.3) is 0 Å². The van der Waals surface area contributed by atoms with Crippen LogP contribution in [0.1, 0.15) is 16.1 Å². The van der Waals surface area contributed by atoms with Crippen molar-refractivity contribution in [2.45, 2.75) is 6.18 Å². The number of aromatic carboxylic acids is 1. The van der Waals surface area contributed by atoms with Gasteiger partial charge in [-0.25, -0.2) is 4.79 Å². The number of nitrogens with zero attached hydrogens (tertiary/aromatic N) is 2. The summed E-state index contributed by atoms with van der Waals surface area (Å²) >= 11 is 0. The fraction of sp³-hybridized carbons (Fsp3) is 0.100. The molecule has 0 atom stereocenters. The minimum atomic E-state index is -4.58. The van der Waals surface area contributed by atoms with E-state index in [1.54, 1.807) is 0 Å². The fourth-order valence-electron chi connectivity index (χ4n) is 1.41. The second kappa shape index (κ2) is 4.13. The quantitative estimate of drug-likeness (QED) is 0.864. The molecule has 0 aliphatic carbocycles. The summed E-state index contributed by atoms with van der Waals surface area (Å²) in [5.41, 5.74) is -1.56. The van der Waals surface area contributed by atoms with Crippen molar-refractivity contribution >= 4 is 5.97 Å². The molecule has 0 amide bonds. The number of rotatable bonds is 2. The molecular formula is C10H6F3N3O2. The Morgan fingerprint density at radius 3 is 2.67 bits per heavy atom. The van der Waals surface area contributed by atoms with E-state index < -0.39 is 17.7 Å². The number of aromatic amines is 1. The van der Waals surface area contributed by atoms with Crippen molar-refractivity contribution in [2.24, 2.45) is 0 Å². The highest BCUT2D eigenvalue weighted by molar-refractivity contribution is 5.87. The lowest BCUT2D eigenvalue weighted by atomic mass is 10.1. The summed E-state index contributed by atoms with van der Waals surface area (Å²) in [6.07, 6.45) is -2.73. The molecular weight excluding hydrogens is 251 g/mol. The van der Waals surface area contributed by atoms with E-state index in [4.69, 9.17) is 5.11 Å². The van der Waals surface area contributed by atoms with Gasteiger partial charge in [-0.15, -0.1) is 0 Å². The molecule has 94 valence electrons. The Balaban J connectivity index is 2.53. The number of H-pyrrole nitrogens is 1.